The van der Waals surface area contributed by atoms with E-state index in [9.17, 15) is 24.0 Å². The smallest absolute Gasteiger partial charge is 0.410 e. The summed E-state index contributed by atoms with van der Waals surface area (Å²) < 4.78 is 10.9. The number of hydrogen-bond donors (Lipinski definition) is 5. The molecule has 506 valence electrons. The molecule has 89 heavy (non-hydrogen) atoms. The van der Waals surface area contributed by atoms with Gasteiger partial charge in [0.1, 0.15) is 13.2 Å². The molecule has 15 nitrogen and oxygen atoms in total. The fraction of sp³-hybridized carbons (Fsp3) is 0.681. The van der Waals surface area contributed by atoms with Crippen molar-refractivity contribution in [3.63, 3.8) is 0 Å². The second-order valence-electron chi connectivity index (χ2n) is 30.3. The molecule has 5 aliphatic rings. The first-order valence-corrected chi connectivity index (χ1v) is 32.0. The van der Waals surface area contributed by atoms with Crippen LogP contribution in [0.1, 0.15) is 239 Å². The van der Waals surface area contributed by atoms with Gasteiger partial charge in [0, 0.05) is 82.2 Å². The molecule has 0 aliphatic carbocycles. The maximum atomic E-state index is 12.6. The van der Waals surface area contributed by atoms with E-state index in [1.165, 1.54) is 25.7 Å². The number of aryl methyl sites for hydroxylation is 1. The van der Waals surface area contributed by atoms with Gasteiger partial charge in [0.05, 0.1) is 6.42 Å². The van der Waals surface area contributed by atoms with E-state index in [1.807, 2.05) is 103 Å². The van der Waals surface area contributed by atoms with Gasteiger partial charge in [-0.2, -0.15) is 0 Å². The van der Waals surface area contributed by atoms with Crippen LogP contribution in [0.25, 0.3) is 0 Å². The number of imide groups is 1. The fourth-order valence-corrected chi connectivity index (χ4v) is 14.8. The van der Waals surface area contributed by atoms with Crippen LogP contribution in [-0.2, 0) is 53.1 Å². The maximum Gasteiger partial charge on any atom is 0.410 e. The van der Waals surface area contributed by atoms with Gasteiger partial charge in [-0.15, -0.1) is 29.9 Å². The molecule has 6 N–H and O–H groups in total. The maximum absolute atomic E-state index is 12.6. The number of nitrogens with one attached hydrogen (secondary N) is 4. The van der Waals surface area contributed by atoms with Crippen molar-refractivity contribution in [1.29, 1.82) is 0 Å². The van der Waals surface area contributed by atoms with Crippen molar-refractivity contribution in [2.45, 2.75) is 298 Å². The third-order valence-corrected chi connectivity index (χ3v) is 16.2. The quantitative estimate of drug-likeness (QED) is 0.0757. The Balaban J connectivity index is 0.000000564. The molecule has 8 rings (SSSR count). The highest BCUT2D eigenvalue weighted by molar-refractivity contribution is 6.01. The molecule has 17 heteroatoms. The van der Waals surface area contributed by atoms with E-state index >= 15 is 0 Å². The van der Waals surface area contributed by atoms with E-state index < -0.39 is 17.8 Å². The summed E-state index contributed by atoms with van der Waals surface area (Å²) in [5.74, 6) is -0.239. The molecule has 0 radical (unpaired) electrons. The van der Waals surface area contributed by atoms with E-state index in [1.54, 1.807) is 0 Å². The Labute approximate surface area is 551 Å². The Morgan fingerprint density at radius 2 is 0.854 bits per heavy atom. The van der Waals surface area contributed by atoms with Crippen LogP contribution in [0.2, 0.25) is 0 Å². The van der Waals surface area contributed by atoms with Crippen LogP contribution in [0, 0.1) is 11.8 Å². The van der Waals surface area contributed by atoms with Crippen molar-refractivity contribution in [3.8, 4) is 0 Å². The number of amides is 3. The standard InChI is InChI=1S/C19H30N2O2.C18H27NO2.C13H13NO4.C12H25N.C9H20N2.CH4.2ClH/c1-6-21(16-12-18(2,3)20-19(4,5)13-16)17(22)23-14-15-10-8-7-9-11-15;1-17(2)11-15(12-18(3,4)19-17)10-16(20)21-13-14-8-6-5-7-9-14;15-11-7-8-12(16)14(11)18-13(17)9-6-10-4-2-1-3-5-10;1-6-7-10-8-11(2,3)13-12(4,5)9-10;1-8(2)5-7(10)6-9(3,4)11-8;;;/h7-11,16,20H,6,12-14H2,1-5H3;5-9,15,19H,10-13H2,1-4H3;1-5H,6-9H2;10,13H,6-9H2,1-5H3;7,11H,5-6,10H2,1-4H3;1H4;2*1H. The molecular formula is C72H121Cl2N7O8. The molecule has 5 heterocycles. The van der Waals surface area contributed by atoms with Gasteiger partial charge < -0.3 is 46.2 Å². The topological polar surface area (TPSA) is 194 Å². The van der Waals surface area contributed by atoms with E-state index in [2.05, 4.69) is 139 Å². The van der Waals surface area contributed by atoms with Gasteiger partial charge in [-0.3, -0.25) is 14.4 Å². The summed E-state index contributed by atoms with van der Waals surface area (Å²) in [6.45, 7) is 41.5. The van der Waals surface area contributed by atoms with Crippen LogP contribution >= 0.6 is 24.8 Å². The molecule has 0 unspecified atom stereocenters. The van der Waals surface area contributed by atoms with Crippen molar-refractivity contribution in [2.75, 3.05) is 6.54 Å². The molecule has 0 saturated carbocycles. The number of halogens is 2. The largest absolute Gasteiger partial charge is 0.461 e. The summed E-state index contributed by atoms with van der Waals surface area (Å²) in [6, 6.07) is 29.7. The van der Waals surface area contributed by atoms with Gasteiger partial charge in [0.2, 0.25) is 0 Å². The molecular weight excluding hydrogens is 1160 g/mol. The minimum Gasteiger partial charge on any atom is -0.461 e. The van der Waals surface area contributed by atoms with Crippen LogP contribution in [-0.4, -0.2) is 103 Å². The summed E-state index contributed by atoms with van der Waals surface area (Å²) in [5.41, 5.74) is 10.3. The predicted octanol–water partition coefficient (Wildman–Crippen LogP) is 14.9. The van der Waals surface area contributed by atoms with Crippen molar-refractivity contribution in [3.05, 3.63) is 108 Å². The highest BCUT2D eigenvalue weighted by Gasteiger charge is 2.43. The summed E-state index contributed by atoms with van der Waals surface area (Å²) >= 11 is 0. The highest BCUT2D eigenvalue weighted by atomic mass is 35.5. The van der Waals surface area contributed by atoms with Crippen molar-refractivity contribution in [2.24, 2.45) is 17.6 Å². The number of carbonyl (C=O) groups excluding carboxylic acids is 5. The Hall–Kier alpha value is -4.61. The zero-order chi connectivity index (χ0) is 64.4. The number of esters is 1. The minimum atomic E-state index is -0.567. The Bertz CT molecular complexity index is 2520. The van der Waals surface area contributed by atoms with Gasteiger partial charge in [-0.05, 0) is 204 Å². The van der Waals surface area contributed by atoms with Gasteiger partial charge in [0.25, 0.3) is 11.8 Å². The molecule has 5 aliphatic heterocycles. The van der Waals surface area contributed by atoms with Crippen molar-refractivity contribution in [1.82, 2.24) is 31.2 Å². The Morgan fingerprint density at radius 3 is 1.22 bits per heavy atom. The first-order chi connectivity index (χ1) is 39.8. The molecule has 0 bridgehead atoms. The number of benzene rings is 3. The van der Waals surface area contributed by atoms with Gasteiger partial charge >= 0.3 is 18.0 Å². The summed E-state index contributed by atoms with van der Waals surface area (Å²) in [5, 5.41) is 15.2. The molecule has 3 aromatic rings. The van der Waals surface area contributed by atoms with Crippen LogP contribution < -0.4 is 27.0 Å². The van der Waals surface area contributed by atoms with Crippen LogP contribution in [0.15, 0.2) is 91.0 Å². The number of nitrogens with two attached hydrogens (primary N) is 1. The number of hydrogen-bond acceptors (Lipinski definition) is 13. The second kappa shape index (κ2) is 36.0. The Kier molecular flexibility index (Phi) is 33.3. The molecule has 3 amide bonds. The third-order valence-electron chi connectivity index (χ3n) is 16.2. The van der Waals surface area contributed by atoms with E-state index in [0.29, 0.717) is 60.7 Å². The molecule has 5 saturated heterocycles. The van der Waals surface area contributed by atoms with Gasteiger partial charge in [-0.25, -0.2) is 9.59 Å². The molecule has 0 atom stereocenters. The van der Waals surface area contributed by atoms with Crippen molar-refractivity contribution >= 4 is 54.7 Å². The SMILES string of the molecule is C.CC1(C)CC(CC(=O)OCc2ccccc2)CC(C)(C)N1.CC1(C)CC(N)CC(C)(C)N1.CCCC1CC(C)(C)NC(C)(C)C1.CCN(C(=O)OCc1ccccc1)C1CC(C)(C)NC(C)(C)C1.Cl.Cl.O=C(CCc1ccccc1)ON1C(=O)CCC1=O. The zero-order valence-corrected chi connectivity index (χ0v) is 58.9. The number of nitrogens with zero attached hydrogens (tertiary/aromatic N) is 2. The highest BCUT2D eigenvalue weighted by Crippen LogP contribution is 2.37. The molecule has 0 spiro atoms. The van der Waals surface area contributed by atoms with Crippen LogP contribution in [0.4, 0.5) is 4.79 Å². The lowest BCUT2D eigenvalue weighted by Gasteiger charge is -2.49. The van der Waals surface area contributed by atoms with Crippen LogP contribution in [0.3, 0.4) is 0 Å². The van der Waals surface area contributed by atoms with E-state index in [0.717, 1.165) is 61.1 Å². The lowest BCUT2D eigenvalue weighted by molar-refractivity contribution is -0.197. The third kappa shape index (κ3) is 31.5. The molecule has 0 aromatic heterocycles. The normalized spacial score (nSPS) is 20.9. The summed E-state index contributed by atoms with van der Waals surface area (Å²) in [4.78, 5) is 65.2. The lowest BCUT2D eigenvalue weighted by atomic mass is 9.74. The summed E-state index contributed by atoms with van der Waals surface area (Å²) in [7, 11) is 0. The van der Waals surface area contributed by atoms with E-state index in [4.69, 9.17) is 20.0 Å². The van der Waals surface area contributed by atoms with Gasteiger partial charge in [0.15, 0.2) is 0 Å². The number of ether oxygens (including phenoxy) is 2. The Morgan fingerprint density at radius 1 is 0.506 bits per heavy atom. The van der Waals surface area contributed by atoms with Gasteiger partial charge in [-0.1, -0.05) is 118 Å². The number of hydroxylamine groups is 2. The zero-order valence-electron chi connectivity index (χ0n) is 57.3. The number of carbonyl (C=O) groups is 5. The van der Waals surface area contributed by atoms with E-state index in [-0.39, 0.29) is 103 Å². The molecule has 5 fully saturated rings. The van der Waals surface area contributed by atoms with Crippen molar-refractivity contribution < 1.29 is 38.3 Å². The fourth-order valence-electron chi connectivity index (χ4n) is 14.8. The predicted molar refractivity (Wildman–Crippen MR) is 369 cm³/mol. The minimum absolute atomic E-state index is 0. The summed E-state index contributed by atoms with van der Waals surface area (Å²) in [6.07, 6.45) is 12.7. The lowest BCUT2D eigenvalue weighted by Crippen LogP contribution is -2.62. The van der Waals surface area contributed by atoms with Crippen LogP contribution in [0.5, 0.6) is 0 Å². The number of rotatable bonds is 14. The molecule has 3 aromatic carbocycles. The average molecular weight is 1280 g/mol. The second-order valence-corrected chi connectivity index (χ2v) is 30.3. The number of piperidine rings is 4. The first-order valence-electron chi connectivity index (χ1n) is 32.0. The first kappa shape index (κ1) is 82.4. The average Bonchev–Trinajstić information content (AvgIpc) is 2.68. The monoisotopic (exact) mass is 1280 g/mol.